The van der Waals surface area contributed by atoms with Crippen molar-refractivity contribution in [3.8, 4) is 11.5 Å². The molecule has 0 aliphatic heterocycles. The zero-order valence-electron chi connectivity index (χ0n) is 23.1. The van der Waals surface area contributed by atoms with Crippen molar-refractivity contribution in [2.75, 3.05) is 29.4 Å². The molecule has 0 aliphatic carbocycles. The van der Waals surface area contributed by atoms with Gasteiger partial charge in [-0.05, 0) is 85.3 Å². The highest BCUT2D eigenvalue weighted by Gasteiger charge is 2.27. The van der Waals surface area contributed by atoms with Crippen LogP contribution in [0.4, 0.5) is 11.4 Å². The standard InChI is InChI=1S/C31H29ClN4O6S/c1-2-41-25-16-18-27(19-17-25)43(39,40)36(24-8-4-3-5-9-24)21-30(37)35-33-20-23-12-14-26(15-13-23)42-22-31(38)34-29-11-7-6-10-28(29)32/h3-20H,2,21-22H2,1H3,(H,34,38)(H,35,37)/b33-20+. The zero-order chi connectivity index (χ0) is 30.7. The molecular formula is C31H29ClN4O6S. The predicted molar refractivity (Wildman–Crippen MR) is 166 cm³/mol. The predicted octanol–water partition coefficient (Wildman–Crippen LogP) is 5.10. The number of nitrogens with one attached hydrogen (secondary N) is 2. The largest absolute Gasteiger partial charge is 0.494 e. The first-order chi connectivity index (χ1) is 20.8. The molecule has 0 aliphatic rings. The molecule has 0 saturated carbocycles. The van der Waals surface area contributed by atoms with Gasteiger partial charge in [0.2, 0.25) is 0 Å². The molecule has 0 unspecified atom stereocenters. The molecule has 43 heavy (non-hydrogen) atoms. The van der Waals surface area contributed by atoms with Crippen LogP contribution in [0.2, 0.25) is 5.02 Å². The Balaban J connectivity index is 1.34. The summed E-state index contributed by atoms with van der Waals surface area (Å²) in [7, 11) is -4.08. The fourth-order valence-electron chi connectivity index (χ4n) is 3.80. The van der Waals surface area contributed by atoms with E-state index in [1.807, 2.05) is 6.92 Å². The number of sulfonamides is 1. The lowest BCUT2D eigenvalue weighted by molar-refractivity contribution is -0.119. The summed E-state index contributed by atoms with van der Waals surface area (Å²) in [6.45, 7) is 1.57. The molecule has 0 atom stereocenters. The van der Waals surface area contributed by atoms with Gasteiger partial charge in [0.05, 0.1) is 34.1 Å². The van der Waals surface area contributed by atoms with Crippen molar-refractivity contribution < 1.29 is 27.5 Å². The summed E-state index contributed by atoms with van der Waals surface area (Å²) < 4.78 is 38.9. The Hall–Kier alpha value is -4.87. The third-order valence-electron chi connectivity index (χ3n) is 5.85. The number of para-hydroxylation sites is 2. The Morgan fingerprint density at radius 2 is 1.47 bits per heavy atom. The van der Waals surface area contributed by atoms with Crippen LogP contribution in [0.1, 0.15) is 12.5 Å². The molecule has 0 saturated heterocycles. The Bertz CT molecular complexity index is 1670. The summed E-state index contributed by atoms with van der Waals surface area (Å²) in [4.78, 5) is 24.9. The van der Waals surface area contributed by atoms with E-state index in [2.05, 4.69) is 15.8 Å². The number of anilines is 2. The molecule has 222 valence electrons. The van der Waals surface area contributed by atoms with Crippen molar-refractivity contribution in [1.29, 1.82) is 0 Å². The molecule has 10 nitrogen and oxygen atoms in total. The Labute approximate surface area is 254 Å². The SMILES string of the molecule is CCOc1ccc(S(=O)(=O)N(CC(=O)N/N=C/c2ccc(OCC(=O)Nc3ccccc3Cl)cc2)c2ccccc2)cc1. The topological polar surface area (TPSA) is 126 Å². The quantitative estimate of drug-likeness (QED) is 0.158. The molecule has 2 amide bonds. The fourth-order valence-corrected chi connectivity index (χ4v) is 5.41. The van der Waals surface area contributed by atoms with Crippen LogP contribution in [0, 0.1) is 0 Å². The highest BCUT2D eigenvalue weighted by atomic mass is 35.5. The summed E-state index contributed by atoms with van der Waals surface area (Å²) in [6, 6.07) is 27.9. The van der Waals surface area contributed by atoms with E-state index >= 15 is 0 Å². The number of ether oxygens (including phenoxy) is 2. The molecule has 0 radical (unpaired) electrons. The number of benzene rings is 4. The second-order valence-corrected chi connectivity index (χ2v) is 11.2. The first-order valence-corrected chi connectivity index (χ1v) is 15.0. The van der Waals surface area contributed by atoms with Crippen LogP contribution in [-0.4, -0.2) is 46.2 Å². The van der Waals surface area contributed by atoms with Crippen molar-refractivity contribution in [2.24, 2.45) is 5.10 Å². The minimum atomic E-state index is -4.08. The van der Waals surface area contributed by atoms with Gasteiger partial charge in [0.25, 0.3) is 21.8 Å². The number of hydrogen-bond donors (Lipinski definition) is 2. The van der Waals surface area contributed by atoms with E-state index < -0.39 is 22.5 Å². The van der Waals surface area contributed by atoms with Crippen LogP contribution in [0.25, 0.3) is 0 Å². The molecule has 0 bridgehead atoms. The highest BCUT2D eigenvalue weighted by Crippen LogP contribution is 2.25. The number of carbonyl (C=O) groups excluding carboxylic acids is 2. The highest BCUT2D eigenvalue weighted by molar-refractivity contribution is 7.92. The molecule has 2 N–H and O–H groups in total. The lowest BCUT2D eigenvalue weighted by Gasteiger charge is -2.23. The van der Waals surface area contributed by atoms with Gasteiger partial charge in [-0.15, -0.1) is 0 Å². The first kappa shape index (κ1) is 31.1. The van der Waals surface area contributed by atoms with Gasteiger partial charge < -0.3 is 14.8 Å². The van der Waals surface area contributed by atoms with Crippen molar-refractivity contribution in [1.82, 2.24) is 5.43 Å². The van der Waals surface area contributed by atoms with Gasteiger partial charge in [0.1, 0.15) is 18.0 Å². The zero-order valence-corrected chi connectivity index (χ0v) is 24.7. The summed E-state index contributed by atoms with van der Waals surface area (Å²) in [6.07, 6.45) is 1.40. The molecule has 0 aromatic heterocycles. The van der Waals surface area contributed by atoms with Crippen LogP contribution in [0.3, 0.4) is 0 Å². The Morgan fingerprint density at radius 3 is 2.14 bits per heavy atom. The lowest BCUT2D eigenvalue weighted by atomic mass is 10.2. The molecule has 12 heteroatoms. The van der Waals surface area contributed by atoms with Crippen LogP contribution in [0.5, 0.6) is 11.5 Å². The number of halogens is 1. The molecule has 0 fully saturated rings. The average molecular weight is 621 g/mol. The van der Waals surface area contributed by atoms with Gasteiger partial charge in [0, 0.05) is 0 Å². The maximum atomic E-state index is 13.5. The Kier molecular flexibility index (Phi) is 10.7. The number of nitrogens with zero attached hydrogens (tertiary/aromatic N) is 2. The van der Waals surface area contributed by atoms with Gasteiger partial charge >= 0.3 is 0 Å². The summed E-state index contributed by atoms with van der Waals surface area (Å²) in [5, 5.41) is 7.05. The molecule has 4 rings (SSSR count). The van der Waals surface area contributed by atoms with Crippen LogP contribution >= 0.6 is 11.6 Å². The van der Waals surface area contributed by atoms with E-state index in [9.17, 15) is 18.0 Å². The normalized spacial score (nSPS) is 11.1. The van der Waals surface area contributed by atoms with Crippen LogP contribution in [-0.2, 0) is 19.6 Å². The van der Waals surface area contributed by atoms with Gasteiger partial charge in [-0.2, -0.15) is 5.10 Å². The maximum absolute atomic E-state index is 13.5. The number of rotatable bonds is 13. The van der Waals surface area contributed by atoms with Gasteiger partial charge in [-0.1, -0.05) is 41.9 Å². The molecule has 0 heterocycles. The number of hydrogen-bond acceptors (Lipinski definition) is 7. The van der Waals surface area contributed by atoms with E-state index in [0.717, 1.165) is 4.31 Å². The second-order valence-electron chi connectivity index (χ2n) is 8.93. The van der Waals surface area contributed by atoms with Crippen molar-refractivity contribution >= 4 is 51.0 Å². The maximum Gasteiger partial charge on any atom is 0.264 e. The number of amides is 2. The Morgan fingerprint density at radius 1 is 0.837 bits per heavy atom. The third kappa shape index (κ3) is 8.81. The molecule has 0 spiro atoms. The first-order valence-electron chi connectivity index (χ1n) is 13.2. The minimum absolute atomic E-state index is 0.0137. The van der Waals surface area contributed by atoms with Crippen LogP contribution in [0.15, 0.2) is 113 Å². The number of carbonyl (C=O) groups is 2. The summed E-state index contributed by atoms with van der Waals surface area (Å²) in [5.74, 6) is -0.0126. The van der Waals surface area contributed by atoms with E-state index in [1.54, 1.807) is 91.0 Å². The smallest absolute Gasteiger partial charge is 0.264 e. The molecule has 4 aromatic carbocycles. The minimum Gasteiger partial charge on any atom is -0.494 e. The lowest BCUT2D eigenvalue weighted by Crippen LogP contribution is -2.39. The molecule has 4 aromatic rings. The van der Waals surface area contributed by atoms with Gasteiger partial charge in [0.15, 0.2) is 6.61 Å². The molecular weight excluding hydrogens is 592 g/mol. The van der Waals surface area contributed by atoms with Gasteiger partial charge in [-0.3, -0.25) is 13.9 Å². The monoisotopic (exact) mass is 620 g/mol. The van der Waals surface area contributed by atoms with Crippen LogP contribution < -0.4 is 24.5 Å². The fraction of sp³-hybridized carbons (Fsp3) is 0.129. The third-order valence-corrected chi connectivity index (χ3v) is 7.97. The second kappa shape index (κ2) is 14.9. The number of hydrazone groups is 1. The summed E-state index contributed by atoms with van der Waals surface area (Å²) in [5.41, 5.74) is 3.83. The van der Waals surface area contributed by atoms with Crippen molar-refractivity contribution in [3.63, 3.8) is 0 Å². The van der Waals surface area contributed by atoms with E-state index in [1.165, 1.54) is 18.3 Å². The van der Waals surface area contributed by atoms with E-state index in [0.29, 0.717) is 40.1 Å². The van der Waals surface area contributed by atoms with Gasteiger partial charge in [-0.25, -0.2) is 13.8 Å². The summed E-state index contributed by atoms with van der Waals surface area (Å²) >= 11 is 6.05. The van der Waals surface area contributed by atoms with E-state index in [-0.39, 0.29) is 17.4 Å². The van der Waals surface area contributed by atoms with Crippen molar-refractivity contribution in [2.45, 2.75) is 11.8 Å². The van der Waals surface area contributed by atoms with Crippen molar-refractivity contribution in [3.05, 3.63) is 114 Å². The van der Waals surface area contributed by atoms with E-state index in [4.69, 9.17) is 21.1 Å². The average Bonchev–Trinajstić information content (AvgIpc) is 3.01.